The normalized spacial score (nSPS) is 10.7. The highest BCUT2D eigenvalue weighted by molar-refractivity contribution is 9.10. The second-order valence-corrected chi connectivity index (χ2v) is 11.6. The molecule has 0 unspecified atom stereocenters. The van der Waals surface area contributed by atoms with E-state index in [0.29, 0.717) is 22.6 Å². The van der Waals surface area contributed by atoms with Crippen molar-refractivity contribution in [2.24, 2.45) is 0 Å². The van der Waals surface area contributed by atoms with Gasteiger partial charge in [-0.2, -0.15) is 0 Å². The molecule has 0 bridgehead atoms. The van der Waals surface area contributed by atoms with Gasteiger partial charge in [0.25, 0.3) is 5.91 Å². The van der Waals surface area contributed by atoms with Gasteiger partial charge in [-0.05, 0) is 57.7 Å². The van der Waals surface area contributed by atoms with Gasteiger partial charge in [0.15, 0.2) is 12.4 Å². The Hall–Kier alpha value is -5.22. The van der Waals surface area contributed by atoms with Gasteiger partial charge in [0.2, 0.25) is 0 Å². The van der Waals surface area contributed by atoms with Crippen LogP contribution in [0.25, 0.3) is 10.8 Å². The van der Waals surface area contributed by atoms with E-state index in [4.69, 9.17) is 9.47 Å². The van der Waals surface area contributed by atoms with Crippen molar-refractivity contribution >= 4 is 61.9 Å². The maximum absolute atomic E-state index is 13.8. The first kappa shape index (κ1) is 33.2. The van der Waals surface area contributed by atoms with Crippen LogP contribution in [-0.2, 0) is 16.0 Å². The lowest BCUT2D eigenvalue weighted by Crippen LogP contribution is -2.40. The number of hydrogen-bond donors (Lipinski definition) is 1. The zero-order chi connectivity index (χ0) is 33.0. The van der Waals surface area contributed by atoms with Crippen molar-refractivity contribution < 1.29 is 28.4 Å². The molecule has 1 N–H and O–H groups in total. The van der Waals surface area contributed by atoms with E-state index < -0.39 is 12.2 Å². The lowest BCUT2D eigenvalue weighted by atomic mass is 10.1. The number of benzene rings is 4. The van der Waals surface area contributed by atoms with Gasteiger partial charge in [0.05, 0.1) is 23.2 Å². The number of carbonyl (C=O) groups excluding carboxylic acids is 3. The largest absolute Gasteiger partial charge is 0.447 e. The Labute approximate surface area is 282 Å². The predicted molar refractivity (Wildman–Crippen MR) is 187 cm³/mol. The van der Waals surface area contributed by atoms with Crippen LogP contribution < -0.4 is 19.7 Å². The molecule has 5 rings (SSSR count). The highest BCUT2D eigenvalue weighted by Crippen LogP contribution is 2.23. The van der Waals surface area contributed by atoms with Gasteiger partial charge in [-0.15, -0.1) is 0 Å². The minimum absolute atomic E-state index is 0.0581. The number of rotatable bonds is 12. The first-order chi connectivity index (χ1) is 22.9. The number of aryl methyl sites for hydroxylation is 1. The number of nitrogens with one attached hydrogen (secondary N) is 1. The average molecular weight is 697 g/mol. The number of fused-ring (bicyclic) bond motifs is 1. The van der Waals surface area contributed by atoms with Crippen LogP contribution in [0.4, 0.5) is 26.7 Å². The van der Waals surface area contributed by atoms with Gasteiger partial charge in [0, 0.05) is 23.2 Å². The molecule has 0 radical (unpaired) electrons. The molecular formula is C37H36BrN4O5+. The molecule has 1 heterocycles. The summed E-state index contributed by atoms with van der Waals surface area (Å²) in [5.41, 5.74) is 2.41. The maximum Gasteiger partial charge on any atom is 0.414 e. The van der Waals surface area contributed by atoms with Crippen molar-refractivity contribution in [1.82, 2.24) is 0 Å². The van der Waals surface area contributed by atoms with E-state index in [1.54, 1.807) is 29.2 Å². The van der Waals surface area contributed by atoms with E-state index in [1.165, 1.54) is 4.90 Å². The van der Waals surface area contributed by atoms with Crippen LogP contribution in [-0.4, -0.2) is 44.4 Å². The minimum Gasteiger partial charge on any atom is -0.447 e. The van der Waals surface area contributed by atoms with Crippen LogP contribution in [0, 0.1) is 0 Å². The molecule has 3 amide bonds. The highest BCUT2D eigenvalue weighted by atomic mass is 79.9. The SMILES string of the molecule is CCC[n+]1cc(Br)cc(C(=O)N(CCOC(=O)N(CCOC(=O)Nc2cccc3ccccc23)c2ccccc2)c2ccccc2)c1. The van der Waals surface area contributed by atoms with Crippen LogP contribution in [0.5, 0.6) is 0 Å². The molecule has 0 spiro atoms. The second kappa shape index (κ2) is 16.4. The fourth-order valence-electron chi connectivity index (χ4n) is 5.16. The van der Waals surface area contributed by atoms with Gasteiger partial charge in [-0.25, -0.2) is 14.2 Å². The number of para-hydroxylation sites is 2. The fraction of sp³-hybridized carbons (Fsp3) is 0.189. The maximum atomic E-state index is 13.8. The Bertz CT molecular complexity index is 1820. The van der Waals surface area contributed by atoms with E-state index in [-0.39, 0.29) is 32.2 Å². The fourth-order valence-corrected chi connectivity index (χ4v) is 5.67. The van der Waals surface area contributed by atoms with Gasteiger partial charge < -0.3 is 14.4 Å². The molecule has 9 nitrogen and oxygen atoms in total. The summed E-state index contributed by atoms with van der Waals surface area (Å²) < 4.78 is 13.9. The van der Waals surface area contributed by atoms with E-state index in [0.717, 1.165) is 28.2 Å². The number of amides is 3. The molecule has 0 saturated heterocycles. The zero-order valence-corrected chi connectivity index (χ0v) is 27.6. The summed E-state index contributed by atoms with van der Waals surface area (Å²) in [5, 5.41) is 4.68. The lowest BCUT2D eigenvalue weighted by Gasteiger charge is -2.25. The first-order valence-electron chi connectivity index (χ1n) is 15.4. The predicted octanol–water partition coefficient (Wildman–Crippen LogP) is 7.84. The average Bonchev–Trinajstić information content (AvgIpc) is 3.09. The third-order valence-electron chi connectivity index (χ3n) is 7.33. The Kier molecular flexibility index (Phi) is 11.5. The van der Waals surface area contributed by atoms with Crippen LogP contribution in [0.3, 0.4) is 0 Å². The van der Waals surface area contributed by atoms with Gasteiger partial charge in [-0.1, -0.05) is 79.7 Å². The Morgan fingerprint density at radius 1 is 0.745 bits per heavy atom. The van der Waals surface area contributed by atoms with Crippen molar-refractivity contribution in [1.29, 1.82) is 0 Å². The summed E-state index contributed by atoms with van der Waals surface area (Å²) in [6.07, 6.45) is 3.42. The molecular weight excluding hydrogens is 660 g/mol. The smallest absolute Gasteiger partial charge is 0.414 e. The summed E-state index contributed by atoms with van der Waals surface area (Å²) in [7, 11) is 0. The number of hydrogen-bond acceptors (Lipinski definition) is 5. The monoisotopic (exact) mass is 695 g/mol. The zero-order valence-electron chi connectivity index (χ0n) is 26.1. The van der Waals surface area contributed by atoms with Crippen molar-refractivity contribution in [2.45, 2.75) is 19.9 Å². The molecule has 10 heteroatoms. The molecule has 0 atom stereocenters. The quantitative estimate of drug-likeness (QED) is 0.134. The van der Waals surface area contributed by atoms with Gasteiger partial charge in [0.1, 0.15) is 25.3 Å². The molecule has 4 aromatic carbocycles. The van der Waals surface area contributed by atoms with E-state index in [1.807, 2.05) is 102 Å². The number of pyridine rings is 1. The summed E-state index contributed by atoms with van der Waals surface area (Å²) in [5.74, 6) is -0.219. The van der Waals surface area contributed by atoms with Gasteiger partial charge in [-0.3, -0.25) is 15.0 Å². The number of nitrogens with zero attached hydrogens (tertiary/aromatic N) is 3. The van der Waals surface area contributed by atoms with Crippen LogP contribution >= 0.6 is 15.9 Å². The highest BCUT2D eigenvalue weighted by Gasteiger charge is 2.23. The Morgan fingerprint density at radius 2 is 1.36 bits per heavy atom. The number of anilines is 3. The third kappa shape index (κ3) is 8.95. The Balaban J connectivity index is 1.23. The molecule has 240 valence electrons. The summed E-state index contributed by atoms with van der Waals surface area (Å²) in [4.78, 5) is 42.9. The second-order valence-electron chi connectivity index (χ2n) is 10.7. The van der Waals surface area contributed by atoms with Gasteiger partial charge >= 0.3 is 12.2 Å². The molecule has 0 aliphatic carbocycles. The first-order valence-corrected chi connectivity index (χ1v) is 16.2. The molecule has 0 aliphatic heterocycles. The van der Waals surface area contributed by atoms with Crippen LogP contribution in [0.1, 0.15) is 23.7 Å². The van der Waals surface area contributed by atoms with Crippen LogP contribution in [0.2, 0.25) is 0 Å². The van der Waals surface area contributed by atoms with Crippen molar-refractivity contribution in [2.75, 3.05) is 41.4 Å². The molecule has 0 fully saturated rings. The summed E-state index contributed by atoms with van der Waals surface area (Å²) in [6, 6.07) is 33.4. The molecule has 5 aromatic rings. The number of carbonyl (C=O) groups is 3. The number of aromatic nitrogens is 1. The van der Waals surface area contributed by atoms with Crippen molar-refractivity contribution in [3.05, 3.63) is 132 Å². The Morgan fingerprint density at radius 3 is 2.09 bits per heavy atom. The van der Waals surface area contributed by atoms with E-state index in [9.17, 15) is 14.4 Å². The van der Waals surface area contributed by atoms with Crippen LogP contribution in [0.15, 0.2) is 126 Å². The topological polar surface area (TPSA) is 92.1 Å². The minimum atomic E-state index is -0.632. The molecule has 0 aliphatic rings. The summed E-state index contributed by atoms with van der Waals surface area (Å²) in [6.45, 7) is 2.90. The standard InChI is InChI=1S/C37H35BrN4O5/c1-2-20-40-26-29(25-30(38)27-40)35(43)41(31-14-5-3-6-15-31)21-24-47-37(45)42(32-16-7-4-8-17-32)22-23-46-36(44)39-34-19-11-13-28-12-9-10-18-33(28)34/h3-19,25-27H,2,20-24H2,1H3/p+1. The third-order valence-corrected chi connectivity index (χ3v) is 7.77. The van der Waals surface area contributed by atoms with Crippen molar-refractivity contribution in [3.63, 3.8) is 0 Å². The number of ether oxygens (including phenoxy) is 2. The molecule has 1 aromatic heterocycles. The molecule has 0 saturated carbocycles. The summed E-state index contributed by atoms with van der Waals surface area (Å²) >= 11 is 3.52. The van der Waals surface area contributed by atoms with Crippen molar-refractivity contribution in [3.8, 4) is 0 Å². The number of halogens is 1. The lowest BCUT2D eigenvalue weighted by molar-refractivity contribution is -0.697. The van der Waals surface area contributed by atoms with E-state index >= 15 is 0 Å². The van der Waals surface area contributed by atoms with E-state index in [2.05, 4.69) is 28.2 Å². The molecule has 47 heavy (non-hydrogen) atoms.